The summed E-state index contributed by atoms with van der Waals surface area (Å²) in [6.45, 7) is 4.16. The molecule has 0 amide bonds. The molecule has 4 fully saturated rings. The van der Waals surface area contributed by atoms with Crippen molar-refractivity contribution in [3.63, 3.8) is 0 Å². The molecular weight excluding hydrogens is 244 g/mol. The summed E-state index contributed by atoms with van der Waals surface area (Å²) in [5.74, 6) is 3.16. The lowest BCUT2D eigenvalue weighted by Gasteiger charge is -2.39. The van der Waals surface area contributed by atoms with Gasteiger partial charge in [-0.3, -0.25) is 0 Å². The molecule has 4 rings (SSSR count). The van der Waals surface area contributed by atoms with E-state index in [2.05, 4.69) is 10.2 Å². The Morgan fingerprint density at radius 2 is 1.50 bits per heavy atom. The average molecular weight is 276 g/mol. The highest BCUT2D eigenvalue weighted by molar-refractivity contribution is 4.91. The Labute approximate surface area is 124 Å². The lowest BCUT2D eigenvalue weighted by molar-refractivity contribution is 0.122. The van der Waals surface area contributed by atoms with E-state index in [9.17, 15) is 0 Å². The molecule has 3 aliphatic carbocycles. The van der Waals surface area contributed by atoms with Crippen LogP contribution in [0.3, 0.4) is 0 Å². The van der Waals surface area contributed by atoms with Crippen LogP contribution in [-0.4, -0.2) is 36.6 Å². The minimum Gasteiger partial charge on any atom is -0.310 e. The van der Waals surface area contributed by atoms with E-state index in [0.717, 1.165) is 29.8 Å². The quantitative estimate of drug-likeness (QED) is 0.799. The van der Waals surface area contributed by atoms with Gasteiger partial charge in [-0.25, -0.2) is 0 Å². The van der Waals surface area contributed by atoms with E-state index in [1.807, 2.05) is 0 Å². The Kier molecular flexibility index (Phi) is 4.05. The molecule has 1 saturated heterocycles. The van der Waals surface area contributed by atoms with Crippen LogP contribution in [0.2, 0.25) is 0 Å². The Balaban J connectivity index is 1.32. The van der Waals surface area contributed by atoms with Crippen molar-refractivity contribution in [3.8, 4) is 0 Å². The zero-order chi connectivity index (χ0) is 13.4. The van der Waals surface area contributed by atoms with Gasteiger partial charge in [-0.05, 0) is 56.3 Å². The van der Waals surface area contributed by atoms with Gasteiger partial charge in [-0.15, -0.1) is 0 Å². The van der Waals surface area contributed by atoms with Gasteiger partial charge in [0.05, 0.1) is 0 Å². The molecule has 2 nitrogen and oxygen atoms in total. The minimum atomic E-state index is 0.800. The van der Waals surface area contributed by atoms with Crippen molar-refractivity contribution in [1.29, 1.82) is 0 Å². The standard InChI is InChI=1S/C18H32N2/c1-2-4-17(3-1)19-18-10-16(9-14-5-6-14)12-20(13-18)11-15-7-8-15/h14-19H,1-13H2. The van der Waals surface area contributed by atoms with Crippen molar-refractivity contribution in [2.45, 2.75) is 76.3 Å². The molecule has 4 aliphatic rings. The summed E-state index contributed by atoms with van der Waals surface area (Å²) in [7, 11) is 0. The number of rotatable bonds is 6. The van der Waals surface area contributed by atoms with E-state index in [0.29, 0.717) is 0 Å². The fourth-order valence-electron chi connectivity index (χ4n) is 4.66. The van der Waals surface area contributed by atoms with Gasteiger partial charge >= 0.3 is 0 Å². The predicted molar refractivity (Wildman–Crippen MR) is 83.8 cm³/mol. The lowest BCUT2D eigenvalue weighted by Crippen LogP contribution is -2.52. The molecular formula is C18H32N2. The van der Waals surface area contributed by atoms with E-state index in [4.69, 9.17) is 0 Å². The fourth-order valence-corrected chi connectivity index (χ4v) is 4.66. The van der Waals surface area contributed by atoms with Crippen LogP contribution in [0.4, 0.5) is 0 Å². The maximum absolute atomic E-state index is 4.02. The first-order valence-electron chi connectivity index (χ1n) is 9.33. The van der Waals surface area contributed by atoms with Crippen LogP contribution >= 0.6 is 0 Å². The molecule has 0 aromatic heterocycles. The maximum Gasteiger partial charge on any atom is 0.0200 e. The summed E-state index contributed by atoms with van der Waals surface area (Å²) < 4.78 is 0. The molecule has 2 atom stereocenters. The van der Waals surface area contributed by atoms with Gasteiger partial charge in [-0.2, -0.15) is 0 Å². The zero-order valence-electron chi connectivity index (χ0n) is 13.0. The molecule has 0 aromatic carbocycles. The van der Waals surface area contributed by atoms with Crippen molar-refractivity contribution in [1.82, 2.24) is 10.2 Å². The Bertz CT molecular complexity index is 293. The fraction of sp³-hybridized carbons (Fsp3) is 1.00. The molecule has 114 valence electrons. The molecule has 1 heterocycles. The van der Waals surface area contributed by atoms with E-state index >= 15 is 0 Å². The number of likely N-dealkylation sites (tertiary alicyclic amines) is 1. The molecule has 2 unspecified atom stereocenters. The van der Waals surface area contributed by atoms with Crippen LogP contribution in [0, 0.1) is 17.8 Å². The highest BCUT2D eigenvalue weighted by atomic mass is 15.2. The van der Waals surface area contributed by atoms with Gasteiger partial charge < -0.3 is 10.2 Å². The van der Waals surface area contributed by atoms with Crippen molar-refractivity contribution < 1.29 is 0 Å². The SMILES string of the molecule is C1CCC(NC2CC(CC3CC3)CN(CC3CC3)C2)C1. The molecule has 3 saturated carbocycles. The summed E-state index contributed by atoms with van der Waals surface area (Å²) in [6, 6.07) is 1.65. The third-order valence-corrected chi connectivity index (χ3v) is 6.02. The lowest BCUT2D eigenvalue weighted by atomic mass is 9.89. The van der Waals surface area contributed by atoms with Crippen LogP contribution in [0.5, 0.6) is 0 Å². The Morgan fingerprint density at radius 1 is 0.750 bits per heavy atom. The normalized spacial score (nSPS) is 36.6. The average Bonchev–Trinajstić information content (AvgIpc) is 3.34. The van der Waals surface area contributed by atoms with Crippen molar-refractivity contribution >= 4 is 0 Å². The van der Waals surface area contributed by atoms with Crippen molar-refractivity contribution in [2.75, 3.05) is 19.6 Å². The van der Waals surface area contributed by atoms with Crippen molar-refractivity contribution in [2.24, 2.45) is 17.8 Å². The summed E-state index contributed by atoms with van der Waals surface area (Å²) >= 11 is 0. The second-order valence-corrected chi connectivity index (χ2v) is 8.29. The van der Waals surface area contributed by atoms with Gasteiger partial charge in [0.2, 0.25) is 0 Å². The maximum atomic E-state index is 4.02. The van der Waals surface area contributed by atoms with Crippen LogP contribution < -0.4 is 5.32 Å². The van der Waals surface area contributed by atoms with E-state index in [1.165, 1.54) is 83.8 Å². The predicted octanol–water partition coefficient (Wildman–Crippen LogP) is 3.42. The van der Waals surface area contributed by atoms with Gasteiger partial charge in [0.25, 0.3) is 0 Å². The van der Waals surface area contributed by atoms with E-state index < -0.39 is 0 Å². The second kappa shape index (κ2) is 5.96. The number of hydrogen-bond acceptors (Lipinski definition) is 2. The molecule has 0 bridgehead atoms. The Morgan fingerprint density at radius 3 is 2.20 bits per heavy atom. The molecule has 0 spiro atoms. The Hall–Kier alpha value is -0.0800. The summed E-state index contributed by atoms with van der Waals surface area (Å²) in [5, 5.41) is 4.02. The van der Waals surface area contributed by atoms with Crippen molar-refractivity contribution in [3.05, 3.63) is 0 Å². The van der Waals surface area contributed by atoms with E-state index in [1.54, 1.807) is 0 Å². The van der Waals surface area contributed by atoms with E-state index in [-0.39, 0.29) is 0 Å². The molecule has 1 aliphatic heterocycles. The van der Waals surface area contributed by atoms with Crippen LogP contribution in [0.15, 0.2) is 0 Å². The highest BCUT2D eigenvalue weighted by Gasteiger charge is 2.35. The first kappa shape index (κ1) is 13.6. The first-order valence-corrected chi connectivity index (χ1v) is 9.33. The third-order valence-electron chi connectivity index (χ3n) is 6.02. The van der Waals surface area contributed by atoms with Gasteiger partial charge in [0.1, 0.15) is 0 Å². The first-order chi connectivity index (χ1) is 9.85. The topological polar surface area (TPSA) is 15.3 Å². The van der Waals surface area contributed by atoms with Crippen LogP contribution in [0.25, 0.3) is 0 Å². The number of nitrogens with one attached hydrogen (secondary N) is 1. The zero-order valence-corrected chi connectivity index (χ0v) is 13.0. The molecule has 20 heavy (non-hydrogen) atoms. The minimum absolute atomic E-state index is 0.800. The summed E-state index contributed by atoms with van der Waals surface area (Å²) in [6.07, 6.45) is 14.9. The number of nitrogens with zero attached hydrogens (tertiary/aromatic N) is 1. The molecule has 2 heteroatoms. The van der Waals surface area contributed by atoms with Gasteiger partial charge in [0.15, 0.2) is 0 Å². The third kappa shape index (κ3) is 3.76. The van der Waals surface area contributed by atoms with Gasteiger partial charge in [0, 0.05) is 31.7 Å². The highest BCUT2D eigenvalue weighted by Crippen LogP contribution is 2.39. The summed E-state index contributed by atoms with van der Waals surface area (Å²) in [5.41, 5.74) is 0. The smallest absolute Gasteiger partial charge is 0.0200 e. The number of piperidine rings is 1. The molecule has 0 aromatic rings. The second-order valence-electron chi connectivity index (χ2n) is 8.29. The van der Waals surface area contributed by atoms with Crippen LogP contribution in [0.1, 0.15) is 64.2 Å². The molecule has 1 N–H and O–H groups in total. The molecule has 0 radical (unpaired) electrons. The number of hydrogen-bond donors (Lipinski definition) is 1. The summed E-state index contributed by atoms with van der Waals surface area (Å²) in [4.78, 5) is 2.82. The largest absolute Gasteiger partial charge is 0.310 e. The van der Waals surface area contributed by atoms with Crippen LogP contribution in [-0.2, 0) is 0 Å². The monoisotopic (exact) mass is 276 g/mol. The van der Waals surface area contributed by atoms with Gasteiger partial charge in [-0.1, -0.05) is 25.7 Å².